The van der Waals surface area contributed by atoms with Gasteiger partial charge in [0.05, 0.1) is 15.1 Å². The van der Waals surface area contributed by atoms with Crippen molar-refractivity contribution in [3.8, 4) is 0 Å². The van der Waals surface area contributed by atoms with E-state index < -0.39 is 15.9 Å². The molecule has 8 nitrogen and oxygen atoms in total. The largest absolute Gasteiger partial charge is 0.326 e. The van der Waals surface area contributed by atoms with E-state index >= 15 is 0 Å². The zero-order valence-corrected chi connectivity index (χ0v) is 19.0. The van der Waals surface area contributed by atoms with Gasteiger partial charge in [-0.25, -0.2) is 13.4 Å². The van der Waals surface area contributed by atoms with Crippen LogP contribution in [-0.4, -0.2) is 42.6 Å². The van der Waals surface area contributed by atoms with E-state index in [0.29, 0.717) is 21.9 Å². The molecule has 32 heavy (non-hydrogen) atoms. The lowest BCUT2D eigenvalue weighted by Gasteiger charge is -2.19. The van der Waals surface area contributed by atoms with E-state index in [9.17, 15) is 18.0 Å². The van der Waals surface area contributed by atoms with Gasteiger partial charge in [0.1, 0.15) is 0 Å². The van der Waals surface area contributed by atoms with Gasteiger partial charge in [0, 0.05) is 31.3 Å². The summed E-state index contributed by atoms with van der Waals surface area (Å²) in [6.45, 7) is 8.89. The second kappa shape index (κ2) is 9.86. The molecular weight excluding hydrogens is 448 g/mol. The molecule has 0 aliphatic rings. The first-order chi connectivity index (χ1) is 15.2. The summed E-state index contributed by atoms with van der Waals surface area (Å²) in [4.78, 5) is 28.3. The summed E-state index contributed by atoms with van der Waals surface area (Å²) in [6.07, 6.45) is 3.00. The van der Waals surface area contributed by atoms with Crippen LogP contribution in [0.4, 0.5) is 10.8 Å². The number of fused-ring (bicyclic) bond motifs is 1. The molecule has 166 valence electrons. The summed E-state index contributed by atoms with van der Waals surface area (Å²) in [7, 11) is -3.74. The second-order valence-electron chi connectivity index (χ2n) is 6.76. The monoisotopic (exact) mass is 470 g/mol. The van der Waals surface area contributed by atoms with E-state index in [1.54, 1.807) is 18.2 Å². The third kappa shape index (κ3) is 5.28. The number of benzene rings is 2. The summed E-state index contributed by atoms with van der Waals surface area (Å²) in [5, 5.41) is 5.82. The second-order valence-corrected chi connectivity index (χ2v) is 9.73. The first-order valence-electron chi connectivity index (χ1n) is 9.56. The highest BCUT2D eigenvalue weighted by Gasteiger charge is 2.22. The molecule has 0 atom stereocenters. The van der Waals surface area contributed by atoms with Crippen molar-refractivity contribution in [3.05, 3.63) is 73.3 Å². The lowest BCUT2D eigenvalue weighted by Crippen LogP contribution is -2.31. The van der Waals surface area contributed by atoms with Gasteiger partial charge in [-0.05, 0) is 42.5 Å². The normalized spacial score (nSPS) is 11.3. The number of carbonyl (C=O) groups is 2. The van der Waals surface area contributed by atoms with Crippen molar-refractivity contribution in [2.75, 3.05) is 23.7 Å². The SMILES string of the molecule is C=CCN(CC=C)S(=O)(=O)c1ccc(C(=O)Nc2nc3ccc(NC(C)=O)cc3s2)cc1. The van der Waals surface area contributed by atoms with Crippen molar-refractivity contribution in [3.63, 3.8) is 0 Å². The van der Waals surface area contributed by atoms with Gasteiger partial charge in [0.15, 0.2) is 5.13 Å². The maximum absolute atomic E-state index is 12.8. The van der Waals surface area contributed by atoms with Gasteiger partial charge in [0.2, 0.25) is 15.9 Å². The summed E-state index contributed by atoms with van der Waals surface area (Å²) in [5.41, 5.74) is 1.62. The van der Waals surface area contributed by atoms with Crippen LogP contribution < -0.4 is 10.6 Å². The molecule has 0 aliphatic heterocycles. The smallest absolute Gasteiger partial charge is 0.257 e. The molecule has 0 unspecified atom stereocenters. The molecule has 10 heteroatoms. The maximum atomic E-state index is 12.8. The van der Waals surface area contributed by atoms with E-state index in [1.807, 2.05) is 0 Å². The number of amides is 2. The van der Waals surface area contributed by atoms with Crippen LogP contribution in [0.5, 0.6) is 0 Å². The molecule has 2 aromatic carbocycles. The van der Waals surface area contributed by atoms with Crippen LogP contribution in [0.3, 0.4) is 0 Å². The van der Waals surface area contributed by atoms with Crippen LogP contribution in [0, 0.1) is 0 Å². The standard InChI is InChI=1S/C22H22N4O4S2/c1-4-12-26(13-5-2)32(29,30)18-9-6-16(7-10-18)21(28)25-22-24-19-11-8-17(23-15(3)27)14-20(19)31-22/h4-11,14H,1-2,12-13H2,3H3,(H,23,27)(H,24,25,28). The number of sulfonamides is 1. The predicted octanol–water partition coefficient (Wildman–Crippen LogP) is 3.87. The summed E-state index contributed by atoms with van der Waals surface area (Å²) in [6, 6.07) is 10.9. The van der Waals surface area contributed by atoms with Crippen molar-refractivity contribution in [2.24, 2.45) is 0 Å². The average Bonchev–Trinajstić information content (AvgIpc) is 3.14. The third-order valence-corrected chi connectivity index (χ3v) is 7.13. The van der Waals surface area contributed by atoms with Crippen molar-refractivity contribution < 1.29 is 18.0 Å². The quantitative estimate of drug-likeness (QED) is 0.462. The van der Waals surface area contributed by atoms with Crippen LogP contribution in [0.15, 0.2) is 72.7 Å². The van der Waals surface area contributed by atoms with E-state index in [0.717, 1.165) is 4.70 Å². The molecule has 1 heterocycles. The zero-order chi connectivity index (χ0) is 23.3. The Bertz CT molecular complexity index is 1270. The number of nitrogens with zero attached hydrogens (tertiary/aromatic N) is 2. The van der Waals surface area contributed by atoms with Gasteiger partial charge in [0.25, 0.3) is 5.91 Å². The number of nitrogens with one attached hydrogen (secondary N) is 2. The van der Waals surface area contributed by atoms with Crippen molar-refractivity contribution in [1.82, 2.24) is 9.29 Å². The lowest BCUT2D eigenvalue weighted by atomic mass is 10.2. The fourth-order valence-corrected chi connectivity index (χ4v) is 5.20. The van der Waals surface area contributed by atoms with Gasteiger partial charge < -0.3 is 5.32 Å². The Hall–Kier alpha value is -3.34. The Labute approximate surface area is 190 Å². The number of hydrogen-bond donors (Lipinski definition) is 2. The summed E-state index contributed by atoms with van der Waals surface area (Å²) >= 11 is 1.27. The van der Waals surface area contributed by atoms with E-state index in [-0.39, 0.29) is 23.9 Å². The van der Waals surface area contributed by atoms with Crippen LogP contribution in [0.2, 0.25) is 0 Å². The van der Waals surface area contributed by atoms with Crippen LogP contribution >= 0.6 is 11.3 Å². The molecule has 0 fully saturated rings. The molecule has 3 aromatic rings. The summed E-state index contributed by atoms with van der Waals surface area (Å²) in [5.74, 6) is -0.589. The number of anilines is 2. The highest BCUT2D eigenvalue weighted by Crippen LogP contribution is 2.29. The zero-order valence-electron chi connectivity index (χ0n) is 17.4. The summed E-state index contributed by atoms with van der Waals surface area (Å²) < 4.78 is 27.6. The topological polar surface area (TPSA) is 108 Å². The number of rotatable bonds is 9. The van der Waals surface area contributed by atoms with Gasteiger partial charge in [-0.2, -0.15) is 4.31 Å². The number of thiazole rings is 1. The molecule has 0 saturated heterocycles. The minimum Gasteiger partial charge on any atom is -0.326 e. The van der Waals surface area contributed by atoms with Gasteiger partial charge in [-0.15, -0.1) is 13.2 Å². The molecule has 2 amide bonds. The Kier molecular flexibility index (Phi) is 7.18. The fraction of sp³-hybridized carbons (Fsp3) is 0.136. The van der Waals surface area contributed by atoms with Crippen molar-refractivity contribution >= 4 is 54.2 Å². The molecule has 1 aromatic heterocycles. The fourth-order valence-electron chi connectivity index (χ4n) is 2.91. The number of carbonyl (C=O) groups excluding carboxylic acids is 2. The minimum atomic E-state index is -3.74. The van der Waals surface area contributed by atoms with Crippen molar-refractivity contribution in [2.45, 2.75) is 11.8 Å². The van der Waals surface area contributed by atoms with Crippen LogP contribution in [0.1, 0.15) is 17.3 Å². The number of hydrogen-bond acceptors (Lipinski definition) is 6. The number of aromatic nitrogens is 1. The molecule has 3 rings (SSSR count). The Morgan fingerprint density at radius 3 is 2.31 bits per heavy atom. The van der Waals surface area contributed by atoms with Crippen LogP contribution in [-0.2, 0) is 14.8 Å². The maximum Gasteiger partial charge on any atom is 0.257 e. The predicted molar refractivity (Wildman–Crippen MR) is 127 cm³/mol. The van der Waals surface area contributed by atoms with E-state index in [2.05, 4.69) is 28.8 Å². The first-order valence-corrected chi connectivity index (χ1v) is 11.8. The Morgan fingerprint density at radius 1 is 1.06 bits per heavy atom. The average molecular weight is 471 g/mol. The molecule has 0 spiro atoms. The van der Waals surface area contributed by atoms with Crippen LogP contribution in [0.25, 0.3) is 10.2 Å². The molecular formula is C22H22N4O4S2. The van der Waals surface area contributed by atoms with Gasteiger partial charge in [-0.1, -0.05) is 23.5 Å². The highest BCUT2D eigenvalue weighted by molar-refractivity contribution is 7.89. The minimum absolute atomic E-state index is 0.0724. The van der Waals surface area contributed by atoms with E-state index in [4.69, 9.17) is 0 Å². The molecule has 0 saturated carbocycles. The third-order valence-electron chi connectivity index (χ3n) is 4.35. The van der Waals surface area contributed by atoms with Gasteiger partial charge >= 0.3 is 0 Å². The molecule has 0 radical (unpaired) electrons. The Morgan fingerprint density at radius 2 is 1.72 bits per heavy atom. The molecule has 2 N–H and O–H groups in total. The molecule has 0 bridgehead atoms. The van der Waals surface area contributed by atoms with Crippen molar-refractivity contribution in [1.29, 1.82) is 0 Å². The first kappa shape index (κ1) is 23.3. The lowest BCUT2D eigenvalue weighted by molar-refractivity contribution is -0.114. The van der Waals surface area contributed by atoms with Gasteiger partial charge in [-0.3, -0.25) is 14.9 Å². The van der Waals surface area contributed by atoms with E-state index in [1.165, 1.54) is 59.0 Å². The highest BCUT2D eigenvalue weighted by atomic mass is 32.2. The Balaban J connectivity index is 1.76. The molecule has 0 aliphatic carbocycles.